The Balaban J connectivity index is 1.07. The summed E-state index contributed by atoms with van der Waals surface area (Å²) in [5, 5.41) is 3.15. The number of piperidine rings is 1. The molecule has 1 saturated heterocycles. The minimum absolute atomic E-state index is 0.120. The summed E-state index contributed by atoms with van der Waals surface area (Å²) < 4.78 is 13.9. The maximum atomic E-state index is 13.3. The monoisotopic (exact) mass is 530 g/mol. The van der Waals surface area contributed by atoms with Gasteiger partial charge in [0.2, 0.25) is 0 Å². The lowest BCUT2D eigenvalue weighted by atomic mass is 9.97. The van der Waals surface area contributed by atoms with Crippen molar-refractivity contribution in [1.82, 2.24) is 19.3 Å². The van der Waals surface area contributed by atoms with E-state index in [9.17, 15) is 9.59 Å². The van der Waals surface area contributed by atoms with Gasteiger partial charge in [-0.15, -0.1) is 11.3 Å². The number of carbonyl (C=O) groups is 1. The van der Waals surface area contributed by atoms with Crippen LogP contribution in [0.1, 0.15) is 34.1 Å². The predicted molar refractivity (Wildman–Crippen MR) is 143 cm³/mol. The second-order valence-corrected chi connectivity index (χ2v) is 11.1. The second kappa shape index (κ2) is 8.97. The Morgan fingerprint density at radius 3 is 2.70 bits per heavy atom. The van der Waals surface area contributed by atoms with Gasteiger partial charge in [-0.1, -0.05) is 23.5 Å². The van der Waals surface area contributed by atoms with Crippen molar-refractivity contribution in [2.45, 2.75) is 18.8 Å². The van der Waals surface area contributed by atoms with Crippen molar-refractivity contribution in [2.75, 3.05) is 26.3 Å². The van der Waals surface area contributed by atoms with E-state index in [1.54, 1.807) is 20.6 Å². The standard InChI is InChI=1S/C27H22N4O4S2/c32-25(18-14-28-27-31(26(18)33)20-3-1-2-4-23(20)37-27)30-9-7-16(8-10-30)24-29-19(15-36-24)17-5-6-21-22(13-17)35-12-11-34-21/h1-6,13-16H,7-12H2. The Kier molecular flexibility index (Phi) is 5.44. The van der Waals surface area contributed by atoms with Crippen LogP contribution in [0.4, 0.5) is 0 Å². The van der Waals surface area contributed by atoms with Crippen molar-refractivity contribution in [3.05, 3.63) is 75.0 Å². The lowest BCUT2D eigenvalue weighted by Crippen LogP contribution is -2.40. The van der Waals surface area contributed by atoms with Crippen LogP contribution in [0.25, 0.3) is 26.4 Å². The van der Waals surface area contributed by atoms with E-state index in [4.69, 9.17) is 14.5 Å². The van der Waals surface area contributed by atoms with Gasteiger partial charge in [0, 0.05) is 36.1 Å². The first-order valence-corrected chi connectivity index (χ1v) is 13.9. The molecule has 186 valence electrons. The van der Waals surface area contributed by atoms with E-state index in [-0.39, 0.29) is 22.9 Å². The lowest BCUT2D eigenvalue weighted by Gasteiger charge is -2.31. The van der Waals surface area contributed by atoms with Gasteiger partial charge in [-0.2, -0.15) is 0 Å². The van der Waals surface area contributed by atoms with Crippen LogP contribution in [0, 0.1) is 0 Å². The van der Waals surface area contributed by atoms with Crippen LogP contribution in [0.5, 0.6) is 11.5 Å². The number of benzene rings is 2. The fourth-order valence-corrected chi connectivity index (χ4v) is 6.99. The molecule has 0 aliphatic carbocycles. The first-order valence-electron chi connectivity index (χ1n) is 12.2. The molecular formula is C27H22N4O4S2. The molecule has 2 aliphatic rings. The average Bonchev–Trinajstić information content (AvgIpc) is 3.59. The minimum Gasteiger partial charge on any atom is -0.486 e. The third-order valence-electron chi connectivity index (χ3n) is 6.96. The van der Waals surface area contributed by atoms with Gasteiger partial charge in [0.05, 0.1) is 20.9 Å². The molecule has 1 amide bonds. The number of rotatable bonds is 3. The summed E-state index contributed by atoms with van der Waals surface area (Å²) in [5.74, 6) is 1.55. The van der Waals surface area contributed by atoms with Crippen molar-refractivity contribution in [2.24, 2.45) is 0 Å². The van der Waals surface area contributed by atoms with Crippen molar-refractivity contribution >= 4 is 43.8 Å². The molecule has 5 aromatic rings. The molecule has 0 bridgehead atoms. The summed E-state index contributed by atoms with van der Waals surface area (Å²) in [4.78, 5) is 38.3. The molecule has 0 radical (unpaired) electrons. The molecule has 1 fully saturated rings. The Labute approximate surface area is 219 Å². The maximum Gasteiger partial charge on any atom is 0.271 e. The minimum atomic E-state index is -0.307. The van der Waals surface area contributed by atoms with Gasteiger partial charge in [0.1, 0.15) is 18.8 Å². The molecule has 3 aromatic heterocycles. The molecular weight excluding hydrogens is 508 g/mol. The summed E-state index contributed by atoms with van der Waals surface area (Å²) in [5.41, 5.74) is 2.52. The van der Waals surface area contributed by atoms with Crippen molar-refractivity contribution in [3.63, 3.8) is 0 Å². The van der Waals surface area contributed by atoms with Gasteiger partial charge in [-0.05, 0) is 43.2 Å². The molecule has 7 rings (SSSR count). The zero-order valence-corrected chi connectivity index (χ0v) is 21.4. The van der Waals surface area contributed by atoms with Crippen LogP contribution < -0.4 is 15.0 Å². The number of fused-ring (bicyclic) bond motifs is 4. The summed E-state index contributed by atoms with van der Waals surface area (Å²) in [7, 11) is 0. The molecule has 0 atom stereocenters. The first-order chi connectivity index (χ1) is 18.2. The first kappa shape index (κ1) is 22.4. The van der Waals surface area contributed by atoms with Crippen molar-refractivity contribution < 1.29 is 14.3 Å². The van der Waals surface area contributed by atoms with E-state index >= 15 is 0 Å². The van der Waals surface area contributed by atoms with Gasteiger partial charge < -0.3 is 14.4 Å². The Morgan fingerprint density at radius 2 is 1.84 bits per heavy atom. The lowest BCUT2D eigenvalue weighted by molar-refractivity contribution is 0.0710. The van der Waals surface area contributed by atoms with E-state index in [0.29, 0.717) is 31.3 Å². The molecule has 2 aliphatic heterocycles. The Bertz CT molecular complexity index is 1710. The van der Waals surface area contributed by atoms with Crippen LogP contribution in [0.15, 0.2) is 58.8 Å². The average molecular weight is 531 g/mol. The molecule has 0 unspecified atom stereocenters. The van der Waals surface area contributed by atoms with E-state index in [2.05, 4.69) is 10.4 Å². The third-order valence-corrected chi connectivity index (χ3v) is 9.00. The number of para-hydroxylation sites is 1. The second-order valence-electron chi connectivity index (χ2n) is 9.16. The Morgan fingerprint density at radius 1 is 1.03 bits per heavy atom. The SMILES string of the molecule is O=C(c1cnc2sc3ccccc3n2c1=O)N1CCC(c2nc(-c3ccc4c(c3)OCCO4)cs2)CC1. The van der Waals surface area contributed by atoms with Crippen LogP contribution in [-0.4, -0.2) is 51.5 Å². The normalized spacial score (nSPS) is 15.9. The molecule has 2 aromatic carbocycles. The van der Waals surface area contributed by atoms with Crippen molar-refractivity contribution in [3.8, 4) is 22.8 Å². The van der Waals surface area contributed by atoms with Crippen LogP contribution >= 0.6 is 22.7 Å². The highest BCUT2D eigenvalue weighted by atomic mass is 32.1. The van der Waals surface area contributed by atoms with Gasteiger partial charge in [-0.3, -0.25) is 14.0 Å². The van der Waals surface area contributed by atoms with Gasteiger partial charge in [-0.25, -0.2) is 9.97 Å². The molecule has 0 spiro atoms. The molecule has 8 nitrogen and oxygen atoms in total. The van der Waals surface area contributed by atoms with Crippen LogP contribution in [0.2, 0.25) is 0 Å². The predicted octanol–water partition coefficient (Wildman–Crippen LogP) is 4.82. The Hall–Kier alpha value is -3.76. The highest BCUT2D eigenvalue weighted by Crippen LogP contribution is 2.37. The largest absolute Gasteiger partial charge is 0.486 e. The smallest absolute Gasteiger partial charge is 0.271 e. The zero-order chi connectivity index (χ0) is 24.9. The van der Waals surface area contributed by atoms with E-state index in [0.717, 1.165) is 50.8 Å². The van der Waals surface area contributed by atoms with Crippen LogP contribution in [-0.2, 0) is 0 Å². The fourth-order valence-electron chi connectivity index (χ4n) is 5.01. The number of carbonyl (C=O) groups excluding carboxylic acids is 1. The van der Waals surface area contributed by atoms with E-state index in [1.165, 1.54) is 17.5 Å². The number of nitrogens with zero attached hydrogens (tertiary/aromatic N) is 4. The third kappa shape index (κ3) is 3.87. The maximum absolute atomic E-state index is 13.3. The van der Waals surface area contributed by atoms with Gasteiger partial charge in [0.25, 0.3) is 11.5 Å². The highest BCUT2D eigenvalue weighted by molar-refractivity contribution is 7.23. The molecule has 5 heterocycles. The molecule has 0 saturated carbocycles. The number of amides is 1. The van der Waals surface area contributed by atoms with Crippen molar-refractivity contribution in [1.29, 1.82) is 0 Å². The highest BCUT2D eigenvalue weighted by Gasteiger charge is 2.28. The van der Waals surface area contributed by atoms with Crippen LogP contribution in [0.3, 0.4) is 0 Å². The number of hydrogen-bond donors (Lipinski definition) is 0. The quantitative estimate of drug-likeness (QED) is 0.332. The summed E-state index contributed by atoms with van der Waals surface area (Å²) in [6, 6.07) is 13.6. The van der Waals surface area contributed by atoms with E-state index in [1.807, 2.05) is 42.5 Å². The fraction of sp³-hybridized carbons (Fsp3) is 0.259. The van der Waals surface area contributed by atoms with Gasteiger partial charge >= 0.3 is 0 Å². The molecule has 37 heavy (non-hydrogen) atoms. The molecule has 0 N–H and O–H groups in total. The summed E-state index contributed by atoms with van der Waals surface area (Å²) in [6.45, 7) is 2.28. The molecule has 10 heteroatoms. The zero-order valence-electron chi connectivity index (χ0n) is 19.8. The van der Waals surface area contributed by atoms with E-state index < -0.39 is 0 Å². The number of aromatic nitrogens is 3. The number of thiazole rings is 2. The summed E-state index contributed by atoms with van der Waals surface area (Å²) >= 11 is 3.10. The number of hydrogen-bond acceptors (Lipinski definition) is 8. The topological polar surface area (TPSA) is 86.0 Å². The summed E-state index contributed by atoms with van der Waals surface area (Å²) in [6.07, 6.45) is 3.04. The number of ether oxygens (including phenoxy) is 2. The number of likely N-dealkylation sites (tertiary alicyclic amines) is 1. The van der Waals surface area contributed by atoms with Gasteiger partial charge in [0.15, 0.2) is 16.5 Å².